The van der Waals surface area contributed by atoms with E-state index in [-0.39, 0.29) is 5.79 Å². The minimum atomic E-state index is -0.187. The van der Waals surface area contributed by atoms with E-state index in [1.807, 2.05) is 0 Å². The first-order valence-electron chi connectivity index (χ1n) is 8.99. The normalized spacial score (nSPS) is 22.4. The van der Waals surface area contributed by atoms with E-state index in [1.54, 1.807) is 0 Å². The maximum Gasteiger partial charge on any atom is 0.168 e. The molecule has 4 nitrogen and oxygen atoms in total. The van der Waals surface area contributed by atoms with E-state index >= 15 is 0 Å². The molecule has 1 aliphatic heterocycles. The van der Waals surface area contributed by atoms with Crippen molar-refractivity contribution >= 4 is 0 Å². The maximum atomic E-state index is 5.79. The van der Waals surface area contributed by atoms with Crippen molar-refractivity contribution in [3.63, 3.8) is 0 Å². The van der Waals surface area contributed by atoms with Gasteiger partial charge in [-0.25, -0.2) is 0 Å². The van der Waals surface area contributed by atoms with E-state index in [4.69, 9.17) is 9.47 Å². The van der Waals surface area contributed by atoms with Crippen LogP contribution in [0.1, 0.15) is 52.4 Å². The SMILES string of the molecule is CCN(CC)CCCNCCC1CCC2(CC1)OCCO2. The summed E-state index contributed by atoms with van der Waals surface area (Å²) >= 11 is 0. The van der Waals surface area contributed by atoms with E-state index in [0.29, 0.717) is 0 Å². The lowest BCUT2D eigenvalue weighted by molar-refractivity contribution is -0.182. The summed E-state index contributed by atoms with van der Waals surface area (Å²) in [5.41, 5.74) is 0. The summed E-state index contributed by atoms with van der Waals surface area (Å²) in [7, 11) is 0. The lowest BCUT2D eigenvalue weighted by Gasteiger charge is -2.35. The number of hydrogen-bond acceptors (Lipinski definition) is 4. The van der Waals surface area contributed by atoms with Crippen molar-refractivity contribution in [2.45, 2.75) is 58.2 Å². The van der Waals surface area contributed by atoms with E-state index in [2.05, 4.69) is 24.1 Å². The average Bonchev–Trinajstić information content (AvgIpc) is 2.97. The smallest absolute Gasteiger partial charge is 0.168 e. The van der Waals surface area contributed by atoms with Crippen molar-refractivity contribution in [3.05, 3.63) is 0 Å². The molecule has 0 aromatic carbocycles. The Kier molecular flexibility index (Phi) is 7.44. The summed E-state index contributed by atoms with van der Waals surface area (Å²) in [4.78, 5) is 2.49. The van der Waals surface area contributed by atoms with Crippen molar-refractivity contribution in [1.82, 2.24) is 10.2 Å². The Morgan fingerprint density at radius 2 is 1.71 bits per heavy atom. The zero-order chi connectivity index (χ0) is 15.0. The molecule has 124 valence electrons. The van der Waals surface area contributed by atoms with Gasteiger partial charge in [-0.1, -0.05) is 13.8 Å². The largest absolute Gasteiger partial charge is 0.348 e. The quantitative estimate of drug-likeness (QED) is 0.664. The molecule has 21 heavy (non-hydrogen) atoms. The molecule has 4 heteroatoms. The van der Waals surface area contributed by atoms with Gasteiger partial charge in [-0.3, -0.25) is 0 Å². The average molecular weight is 298 g/mol. The van der Waals surface area contributed by atoms with Gasteiger partial charge in [-0.05, 0) is 64.3 Å². The molecule has 1 saturated carbocycles. The molecule has 1 heterocycles. The molecule has 0 aromatic heterocycles. The van der Waals surface area contributed by atoms with E-state index in [1.165, 1.54) is 45.3 Å². The second kappa shape index (κ2) is 9.09. The minimum absolute atomic E-state index is 0.187. The van der Waals surface area contributed by atoms with Gasteiger partial charge in [0.2, 0.25) is 0 Å². The van der Waals surface area contributed by atoms with Crippen molar-refractivity contribution in [1.29, 1.82) is 0 Å². The Bertz CT molecular complexity index is 266. The predicted molar refractivity (Wildman–Crippen MR) is 86.5 cm³/mol. The Morgan fingerprint density at radius 1 is 1.05 bits per heavy atom. The van der Waals surface area contributed by atoms with Crippen LogP contribution in [-0.2, 0) is 9.47 Å². The van der Waals surface area contributed by atoms with Crippen LogP contribution in [-0.4, -0.2) is 56.6 Å². The van der Waals surface area contributed by atoms with Crippen LogP contribution in [0.25, 0.3) is 0 Å². The highest BCUT2D eigenvalue weighted by Crippen LogP contribution is 2.39. The summed E-state index contributed by atoms with van der Waals surface area (Å²) in [5.74, 6) is 0.673. The van der Waals surface area contributed by atoms with Crippen LogP contribution in [0, 0.1) is 5.92 Å². The van der Waals surface area contributed by atoms with Crippen molar-refractivity contribution in [3.8, 4) is 0 Å². The first-order valence-corrected chi connectivity index (χ1v) is 8.99. The summed E-state index contributed by atoms with van der Waals surface area (Å²) in [6, 6.07) is 0. The fourth-order valence-corrected chi connectivity index (χ4v) is 3.59. The van der Waals surface area contributed by atoms with Crippen LogP contribution < -0.4 is 5.32 Å². The van der Waals surface area contributed by atoms with Gasteiger partial charge in [0.25, 0.3) is 0 Å². The molecule has 1 aliphatic carbocycles. The van der Waals surface area contributed by atoms with Crippen LogP contribution in [0.5, 0.6) is 0 Å². The molecule has 1 spiro atoms. The molecular weight excluding hydrogens is 264 g/mol. The van der Waals surface area contributed by atoms with Gasteiger partial charge in [-0.2, -0.15) is 0 Å². The molecular formula is C17H34N2O2. The first kappa shape index (κ1) is 17.2. The number of rotatable bonds is 9. The Hall–Kier alpha value is -0.160. The molecule has 2 fully saturated rings. The van der Waals surface area contributed by atoms with E-state index in [9.17, 15) is 0 Å². The molecule has 0 amide bonds. The molecule has 2 aliphatic rings. The van der Waals surface area contributed by atoms with Crippen LogP contribution in [0.3, 0.4) is 0 Å². The van der Waals surface area contributed by atoms with Crippen molar-refractivity contribution < 1.29 is 9.47 Å². The molecule has 0 atom stereocenters. The summed E-state index contributed by atoms with van der Waals surface area (Å²) in [6.45, 7) is 11.9. The molecule has 0 radical (unpaired) electrons. The lowest BCUT2D eigenvalue weighted by atomic mass is 9.83. The van der Waals surface area contributed by atoms with Gasteiger partial charge in [0.15, 0.2) is 5.79 Å². The van der Waals surface area contributed by atoms with E-state index < -0.39 is 0 Å². The highest BCUT2D eigenvalue weighted by molar-refractivity contribution is 4.82. The molecule has 0 unspecified atom stereocenters. The highest BCUT2D eigenvalue weighted by Gasteiger charge is 2.39. The first-order chi connectivity index (χ1) is 10.3. The fraction of sp³-hybridized carbons (Fsp3) is 1.00. The maximum absolute atomic E-state index is 5.79. The third-order valence-electron chi connectivity index (χ3n) is 5.13. The second-order valence-electron chi connectivity index (χ2n) is 6.47. The van der Waals surface area contributed by atoms with Gasteiger partial charge in [0.05, 0.1) is 13.2 Å². The third-order valence-corrected chi connectivity index (χ3v) is 5.13. The zero-order valence-electron chi connectivity index (χ0n) is 14.0. The van der Waals surface area contributed by atoms with Gasteiger partial charge in [0.1, 0.15) is 0 Å². The minimum Gasteiger partial charge on any atom is -0.348 e. The number of ether oxygens (including phenoxy) is 2. The number of nitrogens with zero attached hydrogens (tertiary/aromatic N) is 1. The Labute approximate surface area is 130 Å². The van der Waals surface area contributed by atoms with Crippen LogP contribution in [0.15, 0.2) is 0 Å². The van der Waals surface area contributed by atoms with Gasteiger partial charge in [0, 0.05) is 12.8 Å². The summed E-state index contributed by atoms with van der Waals surface area (Å²) in [5, 5.41) is 3.61. The second-order valence-corrected chi connectivity index (χ2v) is 6.47. The van der Waals surface area contributed by atoms with Crippen LogP contribution >= 0.6 is 0 Å². The topological polar surface area (TPSA) is 33.7 Å². The molecule has 1 N–H and O–H groups in total. The van der Waals surface area contributed by atoms with Crippen LogP contribution in [0.4, 0.5) is 0 Å². The fourth-order valence-electron chi connectivity index (χ4n) is 3.59. The summed E-state index contributed by atoms with van der Waals surface area (Å²) in [6.07, 6.45) is 7.29. The summed E-state index contributed by atoms with van der Waals surface area (Å²) < 4.78 is 11.6. The highest BCUT2D eigenvalue weighted by atomic mass is 16.7. The number of hydrogen-bond donors (Lipinski definition) is 1. The predicted octanol–water partition coefficient (Wildman–Crippen LogP) is 2.63. The Balaban J connectivity index is 1.47. The van der Waals surface area contributed by atoms with Gasteiger partial charge >= 0.3 is 0 Å². The lowest BCUT2D eigenvalue weighted by Crippen LogP contribution is -2.36. The molecule has 1 saturated heterocycles. The third kappa shape index (κ3) is 5.51. The molecule has 2 rings (SSSR count). The van der Waals surface area contributed by atoms with Crippen LogP contribution in [0.2, 0.25) is 0 Å². The van der Waals surface area contributed by atoms with Gasteiger partial charge in [-0.15, -0.1) is 0 Å². The van der Waals surface area contributed by atoms with Gasteiger partial charge < -0.3 is 19.7 Å². The molecule has 0 aromatic rings. The number of nitrogens with one attached hydrogen (secondary N) is 1. The zero-order valence-corrected chi connectivity index (χ0v) is 14.0. The monoisotopic (exact) mass is 298 g/mol. The van der Waals surface area contributed by atoms with E-state index in [0.717, 1.165) is 45.1 Å². The standard InChI is InChI=1S/C17H34N2O2/c1-3-19(4-2)13-5-11-18-12-8-16-6-9-17(10-7-16)20-14-15-21-17/h16,18H,3-15H2,1-2H3. The van der Waals surface area contributed by atoms with Crippen molar-refractivity contribution in [2.24, 2.45) is 5.92 Å². The molecule has 0 bridgehead atoms. The van der Waals surface area contributed by atoms with Crippen molar-refractivity contribution in [2.75, 3.05) is 45.9 Å². The Morgan fingerprint density at radius 3 is 2.33 bits per heavy atom.